The molecule has 2 saturated heterocycles. The van der Waals surface area contributed by atoms with E-state index in [1.165, 1.54) is 0 Å². The summed E-state index contributed by atoms with van der Waals surface area (Å²) >= 11 is 0. The van der Waals surface area contributed by atoms with Gasteiger partial charge in [0.1, 0.15) is 17.5 Å². The third-order valence-corrected chi connectivity index (χ3v) is 9.76. The van der Waals surface area contributed by atoms with Crippen molar-refractivity contribution < 1.29 is 33.4 Å². The molecule has 178 valence electrons. The molecule has 4 fully saturated rings. The van der Waals surface area contributed by atoms with Crippen LogP contribution < -0.4 is 0 Å². The molecular formula is C26H32O7. The highest BCUT2D eigenvalue weighted by Crippen LogP contribution is 2.71. The largest absolute Gasteiger partial charge is 0.481 e. The third kappa shape index (κ3) is 2.69. The van der Waals surface area contributed by atoms with Crippen LogP contribution in [0.15, 0.2) is 35.2 Å². The minimum absolute atomic E-state index is 0.00434. The number of hydrogen-bond donors (Lipinski definition) is 1. The van der Waals surface area contributed by atoms with Gasteiger partial charge in [-0.15, -0.1) is 0 Å². The zero-order valence-corrected chi connectivity index (χ0v) is 19.7. The Labute approximate surface area is 193 Å². The van der Waals surface area contributed by atoms with Gasteiger partial charge in [0.05, 0.1) is 25.1 Å². The molecule has 1 spiro atoms. The zero-order valence-electron chi connectivity index (χ0n) is 19.7. The summed E-state index contributed by atoms with van der Waals surface area (Å²) in [6.07, 6.45) is 3.73. The maximum atomic E-state index is 13.3. The summed E-state index contributed by atoms with van der Waals surface area (Å²) < 4.78 is 18.1. The number of Topliss-reactive ketones (excluding diaryl/α,β-unsaturated/α-hetero) is 1. The van der Waals surface area contributed by atoms with Crippen LogP contribution in [0.1, 0.15) is 71.5 Å². The highest BCUT2D eigenvalue weighted by atomic mass is 16.6. The highest BCUT2D eigenvalue weighted by Gasteiger charge is 2.73. The Hall–Kier alpha value is -2.41. The van der Waals surface area contributed by atoms with Crippen LogP contribution in [0.3, 0.4) is 0 Å². The number of fused-ring (bicyclic) bond motifs is 3. The molecule has 3 heterocycles. The summed E-state index contributed by atoms with van der Waals surface area (Å²) in [6.45, 7) is 12.4. The quantitative estimate of drug-likeness (QED) is 0.528. The average Bonchev–Trinajstić information content (AvgIpc) is 3.25. The molecule has 5 rings (SSSR count). The molecule has 1 N–H and O–H groups in total. The van der Waals surface area contributed by atoms with Crippen LogP contribution in [-0.4, -0.2) is 34.5 Å². The normalized spacial score (nSPS) is 43.9. The van der Waals surface area contributed by atoms with Crippen molar-refractivity contribution >= 4 is 17.7 Å². The van der Waals surface area contributed by atoms with Gasteiger partial charge < -0.3 is 19.0 Å². The van der Waals surface area contributed by atoms with Gasteiger partial charge in [-0.2, -0.15) is 0 Å². The fraction of sp³-hybridized carbons (Fsp3) is 0.654. The highest BCUT2D eigenvalue weighted by molar-refractivity contribution is 5.87. The summed E-state index contributed by atoms with van der Waals surface area (Å²) in [6, 6.07) is 1.81. The first kappa shape index (κ1) is 22.4. The van der Waals surface area contributed by atoms with E-state index in [4.69, 9.17) is 13.9 Å². The maximum absolute atomic E-state index is 13.3. The van der Waals surface area contributed by atoms with Crippen molar-refractivity contribution in [3.63, 3.8) is 0 Å². The number of furan rings is 1. The van der Waals surface area contributed by atoms with Gasteiger partial charge in [-0.1, -0.05) is 34.3 Å². The smallest absolute Gasteiger partial charge is 0.309 e. The van der Waals surface area contributed by atoms with Gasteiger partial charge in [0.2, 0.25) is 0 Å². The van der Waals surface area contributed by atoms with E-state index in [0.717, 1.165) is 24.0 Å². The van der Waals surface area contributed by atoms with Crippen LogP contribution in [0, 0.1) is 28.1 Å². The number of carboxylic acids is 1. The predicted molar refractivity (Wildman–Crippen MR) is 117 cm³/mol. The number of aliphatic carboxylic acids is 1. The molecule has 7 atom stereocenters. The number of carbonyl (C=O) groups excluding carboxylic acids is 2. The van der Waals surface area contributed by atoms with E-state index < -0.39 is 45.9 Å². The average molecular weight is 457 g/mol. The maximum Gasteiger partial charge on any atom is 0.309 e. The molecule has 0 radical (unpaired) electrons. The first-order valence-electron chi connectivity index (χ1n) is 11.7. The minimum atomic E-state index is -0.979. The van der Waals surface area contributed by atoms with Crippen molar-refractivity contribution in [3.8, 4) is 0 Å². The van der Waals surface area contributed by atoms with Crippen molar-refractivity contribution in [1.82, 2.24) is 0 Å². The lowest BCUT2D eigenvalue weighted by atomic mass is 9.41. The van der Waals surface area contributed by atoms with E-state index in [1.807, 2.05) is 13.8 Å². The minimum Gasteiger partial charge on any atom is -0.481 e. The topological polar surface area (TPSA) is 103 Å². The van der Waals surface area contributed by atoms with Gasteiger partial charge in [0.25, 0.3) is 0 Å². The number of rotatable bonds is 3. The molecule has 0 aromatic carbocycles. The van der Waals surface area contributed by atoms with Crippen LogP contribution in [0.4, 0.5) is 0 Å². The summed E-state index contributed by atoms with van der Waals surface area (Å²) in [7, 11) is 0. The molecule has 2 bridgehead atoms. The molecule has 2 aliphatic heterocycles. The number of ketones is 1. The fourth-order valence-electron chi connectivity index (χ4n) is 7.81. The number of esters is 1. The van der Waals surface area contributed by atoms with Crippen molar-refractivity contribution in [1.29, 1.82) is 0 Å². The van der Waals surface area contributed by atoms with Gasteiger partial charge in [-0.3, -0.25) is 14.4 Å². The van der Waals surface area contributed by atoms with Gasteiger partial charge in [-0.05, 0) is 36.3 Å². The van der Waals surface area contributed by atoms with Crippen LogP contribution in [0.5, 0.6) is 0 Å². The molecule has 2 aliphatic carbocycles. The monoisotopic (exact) mass is 456 g/mol. The van der Waals surface area contributed by atoms with Crippen molar-refractivity contribution in [3.05, 3.63) is 36.3 Å². The van der Waals surface area contributed by atoms with Gasteiger partial charge >= 0.3 is 11.9 Å². The fourth-order valence-corrected chi connectivity index (χ4v) is 7.81. The second-order valence-electron chi connectivity index (χ2n) is 11.4. The van der Waals surface area contributed by atoms with E-state index in [0.29, 0.717) is 0 Å². The second-order valence-corrected chi connectivity index (χ2v) is 11.4. The zero-order chi connectivity index (χ0) is 24.0. The van der Waals surface area contributed by atoms with E-state index in [1.54, 1.807) is 18.6 Å². The molecule has 0 amide bonds. The summed E-state index contributed by atoms with van der Waals surface area (Å²) in [4.78, 5) is 38.0. The lowest BCUT2D eigenvalue weighted by Crippen LogP contribution is -2.72. The first-order valence-corrected chi connectivity index (χ1v) is 11.7. The van der Waals surface area contributed by atoms with E-state index >= 15 is 0 Å². The molecular weight excluding hydrogens is 424 g/mol. The van der Waals surface area contributed by atoms with Gasteiger partial charge in [0, 0.05) is 34.7 Å². The van der Waals surface area contributed by atoms with E-state index in [-0.39, 0.29) is 36.9 Å². The number of hydrogen-bond acceptors (Lipinski definition) is 6. The summed E-state index contributed by atoms with van der Waals surface area (Å²) in [5, 5.41) is 9.74. The SMILES string of the molecule is C=C1[C@@H]2CC[C@@]3(C)[C@H](c4ccoc4)OC(=O)C[C@]13O[C@H]1CC(=O)C(C)(C)[C@H](CC(=O)O)[C@]12C. The second kappa shape index (κ2) is 6.81. The van der Waals surface area contributed by atoms with Crippen molar-refractivity contribution in [2.24, 2.45) is 28.1 Å². The molecule has 7 heteroatoms. The molecule has 0 unspecified atom stereocenters. The molecule has 4 aliphatic rings. The predicted octanol–water partition coefficient (Wildman–Crippen LogP) is 4.47. The lowest BCUT2D eigenvalue weighted by molar-refractivity contribution is -0.298. The van der Waals surface area contributed by atoms with Crippen LogP contribution in [0.25, 0.3) is 0 Å². The Kier molecular flexibility index (Phi) is 4.62. The summed E-state index contributed by atoms with van der Waals surface area (Å²) in [5.74, 6) is -1.75. The molecule has 1 aromatic heterocycles. The Morgan fingerprint density at radius 1 is 1.24 bits per heavy atom. The Morgan fingerprint density at radius 2 is 1.97 bits per heavy atom. The van der Waals surface area contributed by atoms with Gasteiger partial charge in [0.15, 0.2) is 0 Å². The standard InChI is InChI=1S/C26H32O7/c1-14-16-6-8-24(4)22(15-7-9-31-13-15)32-21(30)12-26(14,24)33-19-11-18(27)23(2,3)17(10-20(28)29)25(16,19)5/h7,9,13,16-17,19,22H,1,6,8,10-12H2,2-5H3,(H,28,29)/t16-,17-,19-,22-,24-,25+,26-/m0/s1. The van der Waals surface area contributed by atoms with Crippen LogP contribution >= 0.6 is 0 Å². The summed E-state index contributed by atoms with van der Waals surface area (Å²) in [5.41, 5.74) is -1.32. The van der Waals surface area contributed by atoms with Crippen molar-refractivity contribution in [2.75, 3.05) is 0 Å². The van der Waals surface area contributed by atoms with Crippen LogP contribution in [0.2, 0.25) is 0 Å². The Bertz CT molecular complexity index is 1040. The van der Waals surface area contributed by atoms with Crippen LogP contribution in [-0.2, 0) is 23.9 Å². The molecule has 7 nitrogen and oxygen atoms in total. The number of carboxylic acid groups (broad SMARTS) is 1. The van der Waals surface area contributed by atoms with Gasteiger partial charge in [-0.25, -0.2) is 0 Å². The third-order valence-electron chi connectivity index (χ3n) is 9.76. The Morgan fingerprint density at radius 3 is 2.61 bits per heavy atom. The molecule has 2 saturated carbocycles. The number of cyclic esters (lactones) is 1. The number of carbonyl (C=O) groups is 3. The lowest BCUT2D eigenvalue weighted by Gasteiger charge is -2.70. The molecule has 33 heavy (non-hydrogen) atoms. The van der Waals surface area contributed by atoms with E-state index in [2.05, 4.69) is 20.4 Å². The Balaban J connectivity index is 1.65. The van der Waals surface area contributed by atoms with Crippen molar-refractivity contribution in [2.45, 2.75) is 77.6 Å². The number of ether oxygens (including phenoxy) is 2. The molecule has 1 aromatic rings. The first-order chi connectivity index (χ1) is 15.4. The van der Waals surface area contributed by atoms with E-state index in [9.17, 15) is 19.5 Å².